The first kappa shape index (κ1) is 13.5. The molecule has 1 aromatic carbocycles. The SMILES string of the molecule is CNC(c1ccc(C)nc1)c1cc(F)ccc1OC. The monoisotopic (exact) mass is 260 g/mol. The zero-order valence-corrected chi connectivity index (χ0v) is 11.3. The molecule has 1 N–H and O–H groups in total. The lowest BCUT2D eigenvalue weighted by molar-refractivity contribution is 0.404. The number of aryl methyl sites for hydroxylation is 1. The molecular formula is C15H17FN2O. The van der Waals surface area contributed by atoms with E-state index >= 15 is 0 Å². The van der Waals surface area contributed by atoms with E-state index in [2.05, 4.69) is 10.3 Å². The quantitative estimate of drug-likeness (QED) is 0.918. The van der Waals surface area contributed by atoms with Crippen molar-refractivity contribution in [3.05, 3.63) is 59.2 Å². The highest BCUT2D eigenvalue weighted by Crippen LogP contribution is 2.30. The number of hydrogen-bond donors (Lipinski definition) is 1. The van der Waals surface area contributed by atoms with Gasteiger partial charge in [0, 0.05) is 17.5 Å². The Labute approximate surface area is 112 Å². The normalized spacial score (nSPS) is 12.2. The van der Waals surface area contributed by atoms with E-state index in [4.69, 9.17) is 4.74 Å². The fourth-order valence-corrected chi connectivity index (χ4v) is 2.08. The van der Waals surface area contributed by atoms with Crippen molar-refractivity contribution in [3.63, 3.8) is 0 Å². The van der Waals surface area contributed by atoms with Crippen LogP contribution in [0.5, 0.6) is 5.75 Å². The topological polar surface area (TPSA) is 34.2 Å². The summed E-state index contributed by atoms with van der Waals surface area (Å²) in [6.07, 6.45) is 1.79. The largest absolute Gasteiger partial charge is 0.496 e. The maximum Gasteiger partial charge on any atom is 0.124 e. The minimum Gasteiger partial charge on any atom is -0.496 e. The number of benzene rings is 1. The van der Waals surface area contributed by atoms with Crippen molar-refractivity contribution in [2.75, 3.05) is 14.2 Å². The van der Waals surface area contributed by atoms with Crippen LogP contribution in [0.4, 0.5) is 4.39 Å². The van der Waals surface area contributed by atoms with E-state index in [1.807, 2.05) is 26.1 Å². The second-order valence-corrected chi connectivity index (χ2v) is 4.34. The first-order valence-electron chi connectivity index (χ1n) is 6.09. The summed E-state index contributed by atoms with van der Waals surface area (Å²) in [5.41, 5.74) is 2.68. The Hall–Kier alpha value is -1.94. The molecule has 0 spiro atoms. The highest BCUT2D eigenvalue weighted by atomic mass is 19.1. The molecule has 0 amide bonds. The molecule has 4 heteroatoms. The number of ether oxygens (including phenoxy) is 1. The predicted molar refractivity (Wildman–Crippen MR) is 72.8 cm³/mol. The average molecular weight is 260 g/mol. The van der Waals surface area contributed by atoms with Gasteiger partial charge < -0.3 is 10.1 Å². The van der Waals surface area contributed by atoms with Gasteiger partial charge in [0.2, 0.25) is 0 Å². The molecule has 0 radical (unpaired) electrons. The number of aromatic nitrogens is 1. The highest BCUT2D eigenvalue weighted by molar-refractivity contribution is 5.41. The van der Waals surface area contributed by atoms with Crippen molar-refractivity contribution in [1.29, 1.82) is 0 Å². The Morgan fingerprint density at radius 2 is 2.05 bits per heavy atom. The second-order valence-electron chi connectivity index (χ2n) is 4.34. The summed E-state index contributed by atoms with van der Waals surface area (Å²) in [5.74, 6) is 0.373. The lowest BCUT2D eigenvalue weighted by Crippen LogP contribution is -2.19. The molecule has 100 valence electrons. The van der Waals surface area contributed by atoms with Gasteiger partial charge in [0.15, 0.2) is 0 Å². The van der Waals surface area contributed by atoms with E-state index in [0.29, 0.717) is 5.75 Å². The van der Waals surface area contributed by atoms with Gasteiger partial charge >= 0.3 is 0 Å². The molecule has 0 fully saturated rings. The van der Waals surface area contributed by atoms with E-state index < -0.39 is 0 Å². The molecule has 0 aliphatic rings. The minimum absolute atomic E-state index is 0.154. The van der Waals surface area contributed by atoms with Crippen LogP contribution in [0, 0.1) is 12.7 Å². The molecule has 0 saturated carbocycles. The lowest BCUT2D eigenvalue weighted by Gasteiger charge is -2.19. The van der Waals surface area contributed by atoms with Gasteiger partial charge in [-0.05, 0) is 43.8 Å². The van der Waals surface area contributed by atoms with Gasteiger partial charge in [0.05, 0.1) is 13.2 Å². The Morgan fingerprint density at radius 3 is 2.63 bits per heavy atom. The molecule has 2 aromatic rings. The van der Waals surface area contributed by atoms with E-state index in [1.54, 1.807) is 19.4 Å². The summed E-state index contributed by atoms with van der Waals surface area (Å²) in [6, 6.07) is 8.27. The van der Waals surface area contributed by atoms with Crippen molar-refractivity contribution in [2.45, 2.75) is 13.0 Å². The third-order valence-electron chi connectivity index (χ3n) is 3.06. The Kier molecular flexibility index (Phi) is 4.12. The number of nitrogens with zero attached hydrogens (tertiary/aromatic N) is 1. The molecular weight excluding hydrogens is 243 g/mol. The van der Waals surface area contributed by atoms with Gasteiger partial charge in [0.1, 0.15) is 11.6 Å². The van der Waals surface area contributed by atoms with Gasteiger partial charge in [-0.15, -0.1) is 0 Å². The fourth-order valence-electron chi connectivity index (χ4n) is 2.08. The number of hydrogen-bond acceptors (Lipinski definition) is 3. The standard InChI is InChI=1S/C15H17FN2O/c1-10-4-5-11(9-18-10)15(17-2)13-8-12(16)6-7-14(13)19-3/h4-9,15,17H,1-3H3. The van der Waals surface area contributed by atoms with Crippen LogP contribution in [0.15, 0.2) is 36.5 Å². The molecule has 0 aliphatic carbocycles. The maximum atomic E-state index is 13.5. The number of pyridine rings is 1. The molecule has 0 saturated heterocycles. The van der Waals surface area contributed by atoms with Gasteiger partial charge in [-0.3, -0.25) is 4.98 Å². The third-order valence-corrected chi connectivity index (χ3v) is 3.06. The molecule has 2 rings (SSSR count). The van der Waals surface area contributed by atoms with Crippen molar-refractivity contribution in [1.82, 2.24) is 10.3 Å². The summed E-state index contributed by atoms with van der Waals surface area (Å²) in [7, 11) is 3.41. The summed E-state index contributed by atoms with van der Waals surface area (Å²) >= 11 is 0. The molecule has 0 bridgehead atoms. The second kappa shape index (κ2) is 5.80. The van der Waals surface area contributed by atoms with Crippen molar-refractivity contribution in [2.24, 2.45) is 0 Å². The molecule has 3 nitrogen and oxygen atoms in total. The smallest absolute Gasteiger partial charge is 0.124 e. The van der Waals surface area contributed by atoms with Gasteiger partial charge in [-0.25, -0.2) is 4.39 Å². The molecule has 1 aromatic heterocycles. The van der Waals surface area contributed by atoms with Crippen LogP contribution in [-0.4, -0.2) is 19.1 Å². The Morgan fingerprint density at radius 1 is 1.26 bits per heavy atom. The van der Waals surface area contributed by atoms with E-state index in [-0.39, 0.29) is 11.9 Å². The van der Waals surface area contributed by atoms with E-state index in [9.17, 15) is 4.39 Å². The zero-order chi connectivity index (χ0) is 13.8. The predicted octanol–water partition coefficient (Wildman–Crippen LogP) is 2.85. The molecule has 1 heterocycles. The Balaban J connectivity index is 2.47. The van der Waals surface area contributed by atoms with Gasteiger partial charge in [-0.2, -0.15) is 0 Å². The van der Waals surface area contributed by atoms with Gasteiger partial charge in [-0.1, -0.05) is 6.07 Å². The minimum atomic E-state index is -0.281. The number of nitrogens with one attached hydrogen (secondary N) is 1. The molecule has 1 atom stereocenters. The number of rotatable bonds is 4. The van der Waals surface area contributed by atoms with Crippen molar-refractivity contribution in [3.8, 4) is 5.75 Å². The van der Waals surface area contributed by atoms with Crippen LogP contribution in [0.2, 0.25) is 0 Å². The number of methoxy groups -OCH3 is 1. The van der Waals surface area contributed by atoms with Crippen LogP contribution in [0.3, 0.4) is 0 Å². The van der Waals surface area contributed by atoms with Crippen LogP contribution in [0.1, 0.15) is 22.9 Å². The molecule has 1 unspecified atom stereocenters. The zero-order valence-electron chi connectivity index (χ0n) is 11.3. The van der Waals surface area contributed by atoms with Crippen molar-refractivity contribution >= 4 is 0 Å². The summed E-state index contributed by atoms with van der Waals surface area (Å²) in [6.45, 7) is 1.93. The van der Waals surface area contributed by atoms with Crippen LogP contribution in [0.25, 0.3) is 0 Å². The average Bonchev–Trinajstić information content (AvgIpc) is 2.42. The third kappa shape index (κ3) is 2.90. The summed E-state index contributed by atoms with van der Waals surface area (Å²) < 4.78 is 18.8. The van der Waals surface area contributed by atoms with E-state index in [0.717, 1.165) is 16.8 Å². The summed E-state index contributed by atoms with van der Waals surface area (Å²) in [4.78, 5) is 4.28. The fraction of sp³-hybridized carbons (Fsp3) is 0.267. The highest BCUT2D eigenvalue weighted by Gasteiger charge is 2.17. The Bertz CT molecular complexity index is 555. The van der Waals surface area contributed by atoms with E-state index in [1.165, 1.54) is 12.1 Å². The van der Waals surface area contributed by atoms with Crippen LogP contribution < -0.4 is 10.1 Å². The first-order valence-corrected chi connectivity index (χ1v) is 6.09. The molecule has 0 aliphatic heterocycles. The molecule has 19 heavy (non-hydrogen) atoms. The first-order chi connectivity index (χ1) is 9.15. The van der Waals surface area contributed by atoms with Crippen LogP contribution in [-0.2, 0) is 0 Å². The number of halogens is 1. The van der Waals surface area contributed by atoms with Gasteiger partial charge in [0.25, 0.3) is 0 Å². The van der Waals surface area contributed by atoms with Crippen LogP contribution >= 0.6 is 0 Å². The maximum absolute atomic E-state index is 13.5. The summed E-state index contributed by atoms with van der Waals surface area (Å²) in [5, 5.41) is 3.17. The lowest BCUT2D eigenvalue weighted by atomic mass is 9.99. The van der Waals surface area contributed by atoms with Crippen molar-refractivity contribution < 1.29 is 9.13 Å².